The van der Waals surface area contributed by atoms with Crippen LogP contribution in [0.25, 0.3) is 6.08 Å². The molecular weight excluding hydrogens is 725 g/mol. The zero-order valence-electron chi connectivity index (χ0n) is 35.7. The Kier molecular flexibility index (Phi) is 18.6. The quantitative estimate of drug-likeness (QED) is 0.0762. The smallest absolute Gasteiger partial charge is 0.161 e. The third-order valence-corrected chi connectivity index (χ3v) is 10.1. The maximum atomic E-state index is 6.10. The molecule has 4 aromatic rings. The van der Waals surface area contributed by atoms with E-state index in [1.165, 1.54) is 68.1 Å². The molecule has 0 saturated heterocycles. The summed E-state index contributed by atoms with van der Waals surface area (Å²) in [7, 11) is 0. The van der Waals surface area contributed by atoms with E-state index in [4.69, 9.17) is 28.4 Å². The summed E-state index contributed by atoms with van der Waals surface area (Å²) in [6.45, 7) is 18.3. The summed E-state index contributed by atoms with van der Waals surface area (Å²) in [5, 5.41) is 6.90. The lowest BCUT2D eigenvalue weighted by molar-refractivity contribution is 0.209. The molecule has 0 aromatic heterocycles. The summed E-state index contributed by atoms with van der Waals surface area (Å²) in [6, 6.07) is 28.9. The first-order chi connectivity index (χ1) is 28.3. The van der Waals surface area contributed by atoms with Gasteiger partial charge in [-0.3, -0.25) is 0 Å². The lowest BCUT2D eigenvalue weighted by Crippen LogP contribution is -2.21. The monoisotopic (exact) mass is 793 g/mol. The van der Waals surface area contributed by atoms with Crippen LogP contribution in [0.3, 0.4) is 0 Å². The van der Waals surface area contributed by atoms with Gasteiger partial charge in [0.15, 0.2) is 23.0 Å². The molecule has 6 rings (SSSR count). The SMILES string of the molecule is C=Cc1ccc(OC(C)C)c(OCCNCc2cccc(OC3CCCC3)c2)c1.CCc1ccc(OC(C)C)c(OCCNCc2cccc(OC3CCCC3)c2)c1. The van der Waals surface area contributed by atoms with Gasteiger partial charge in [-0.2, -0.15) is 0 Å². The van der Waals surface area contributed by atoms with Crippen LogP contribution in [-0.2, 0) is 19.5 Å². The summed E-state index contributed by atoms with van der Waals surface area (Å²) in [5.74, 6) is 5.12. The predicted octanol–water partition coefficient (Wildman–Crippen LogP) is 11.1. The largest absolute Gasteiger partial charge is 0.490 e. The molecule has 2 aliphatic rings. The number of rotatable bonds is 22. The van der Waals surface area contributed by atoms with Crippen LogP contribution >= 0.6 is 0 Å². The van der Waals surface area contributed by atoms with Crippen LogP contribution in [-0.4, -0.2) is 50.7 Å². The molecule has 314 valence electrons. The van der Waals surface area contributed by atoms with Crippen LogP contribution in [0.1, 0.15) is 108 Å². The van der Waals surface area contributed by atoms with Crippen molar-refractivity contribution in [2.24, 2.45) is 0 Å². The molecule has 0 radical (unpaired) electrons. The Balaban J connectivity index is 0.000000221. The zero-order chi connectivity index (χ0) is 41.0. The highest BCUT2D eigenvalue weighted by Crippen LogP contribution is 2.31. The number of benzene rings is 4. The van der Waals surface area contributed by atoms with E-state index in [1.54, 1.807) is 0 Å². The Morgan fingerprint density at radius 1 is 0.586 bits per heavy atom. The van der Waals surface area contributed by atoms with Crippen molar-refractivity contribution in [2.45, 2.75) is 130 Å². The van der Waals surface area contributed by atoms with E-state index < -0.39 is 0 Å². The molecule has 0 spiro atoms. The van der Waals surface area contributed by atoms with E-state index in [0.717, 1.165) is 72.7 Å². The second-order valence-electron chi connectivity index (χ2n) is 15.8. The summed E-state index contributed by atoms with van der Waals surface area (Å²) in [6.07, 6.45) is 13.7. The van der Waals surface area contributed by atoms with Gasteiger partial charge in [0.05, 0.1) is 24.4 Å². The van der Waals surface area contributed by atoms with Gasteiger partial charge in [-0.15, -0.1) is 0 Å². The fourth-order valence-corrected chi connectivity index (χ4v) is 7.14. The first-order valence-corrected chi connectivity index (χ1v) is 21.7. The number of nitrogens with one attached hydrogen (secondary N) is 2. The Hall–Kier alpha value is -4.66. The molecule has 2 aliphatic carbocycles. The van der Waals surface area contributed by atoms with Crippen molar-refractivity contribution >= 4 is 6.08 Å². The van der Waals surface area contributed by atoms with Gasteiger partial charge in [0.25, 0.3) is 0 Å². The van der Waals surface area contributed by atoms with E-state index >= 15 is 0 Å². The predicted molar refractivity (Wildman–Crippen MR) is 237 cm³/mol. The van der Waals surface area contributed by atoms with Gasteiger partial charge < -0.3 is 39.1 Å². The average Bonchev–Trinajstić information content (AvgIpc) is 3.94. The van der Waals surface area contributed by atoms with Crippen LogP contribution in [0.2, 0.25) is 0 Å². The second kappa shape index (κ2) is 24.3. The van der Waals surface area contributed by atoms with Crippen LogP contribution in [0, 0.1) is 0 Å². The van der Waals surface area contributed by atoms with Gasteiger partial charge >= 0.3 is 0 Å². The maximum Gasteiger partial charge on any atom is 0.161 e. The maximum absolute atomic E-state index is 6.10. The zero-order valence-corrected chi connectivity index (χ0v) is 35.7. The van der Waals surface area contributed by atoms with Crippen molar-refractivity contribution in [3.05, 3.63) is 114 Å². The third kappa shape index (κ3) is 15.6. The second-order valence-corrected chi connectivity index (χ2v) is 15.8. The van der Waals surface area contributed by atoms with E-state index in [2.05, 4.69) is 78.7 Å². The molecule has 0 atom stereocenters. The van der Waals surface area contributed by atoms with Gasteiger partial charge in [-0.1, -0.05) is 56.0 Å². The van der Waals surface area contributed by atoms with Crippen molar-refractivity contribution in [2.75, 3.05) is 26.3 Å². The molecule has 8 nitrogen and oxygen atoms in total. The molecule has 0 heterocycles. The molecule has 2 fully saturated rings. The van der Waals surface area contributed by atoms with Gasteiger partial charge in [0.2, 0.25) is 0 Å². The van der Waals surface area contributed by atoms with Crippen LogP contribution in [0.5, 0.6) is 34.5 Å². The average molecular weight is 793 g/mol. The highest BCUT2D eigenvalue weighted by molar-refractivity contribution is 5.54. The standard InChI is InChI=1S/C25H35NO3.C25H33NO3/c2*1-4-20-12-13-24(28-19(2)3)25(17-20)27-15-14-26-18-21-8-7-11-23(16-21)29-22-9-5-6-10-22/h7-8,11-13,16-17,19,22,26H,4-6,9-10,14-15,18H2,1-3H3;4,7-8,11-13,16-17,19,22,26H,1,5-6,9-10,14-15,18H2,2-3H3. The third-order valence-electron chi connectivity index (χ3n) is 10.1. The minimum Gasteiger partial charge on any atom is -0.490 e. The lowest BCUT2D eigenvalue weighted by Gasteiger charge is -2.16. The van der Waals surface area contributed by atoms with E-state index in [9.17, 15) is 0 Å². The van der Waals surface area contributed by atoms with Gasteiger partial charge in [-0.25, -0.2) is 0 Å². The summed E-state index contributed by atoms with van der Waals surface area (Å²) in [4.78, 5) is 0. The molecule has 58 heavy (non-hydrogen) atoms. The summed E-state index contributed by atoms with van der Waals surface area (Å²) in [5.41, 5.74) is 4.72. The highest BCUT2D eigenvalue weighted by atomic mass is 16.5. The van der Waals surface area contributed by atoms with Gasteiger partial charge in [-0.05, 0) is 156 Å². The minimum atomic E-state index is 0.101. The Morgan fingerprint density at radius 2 is 1.07 bits per heavy atom. The van der Waals surface area contributed by atoms with Gasteiger partial charge in [0, 0.05) is 26.2 Å². The van der Waals surface area contributed by atoms with E-state index in [0.29, 0.717) is 25.4 Å². The molecule has 8 heteroatoms. The van der Waals surface area contributed by atoms with E-state index in [-0.39, 0.29) is 12.2 Å². The van der Waals surface area contributed by atoms with Crippen molar-refractivity contribution in [3.8, 4) is 34.5 Å². The molecule has 0 amide bonds. The minimum absolute atomic E-state index is 0.101. The summed E-state index contributed by atoms with van der Waals surface area (Å²) < 4.78 is 35.9. The van der Waals surface area contributed by atoms with Crippen molar-refractivity contribution in [1.82, 2.24) is 10.6 Å². The van der Waals surface area contributed by atoms with Crippen LogP contribution in [0.15, 0.2) is 91.5 Å². The normalized spacial score (nSPS) is 14.3. The van der Waals surface area contributed by atoms with Crippen LogP contribution < -0.4 is 39.1 Å². The molecule has 2 saturated carbocycles. The molecule has 0 aliphatic heterocycles. The Bertz CT molecular complexity index is 1800. The molecule has 0 unspecified atom stereocenters. The molecular formula is C50H68N2O6. The number of hydrogen-bond donors (Lipinski definition) is 2. The van der Waals surface area contributed by atoms with Gasteiger partial charge in [0.1, 0.15) is 24.7 Å². The lowest BCUT2D eigenvalue weighted by atomic mass is 10.1. The fraction of sp³-hybridized carbons (Fsp3) is 0.480. The fourth-order valence-electron chi connectivity index (χ4n) is 7.14. The first kappa shape index (κ1) is 44.4. The van der Waals surface area contributed by atoms with Crippen molar-refractivity contribution in [1.29, 1.82) is 0 Å². The Labute approximate surface area is 348 Å². The van der Waals surface area contributed by atoms with Crippen molar-refractivity contribution < 1.29 is 28.4 Å². The molecule has 4 aromatic carbocycles. The highest BCUT2D eigenvalue weighted by Gasteiger charge is 2.18. The van der Waals surface area contributed by atoms with Crippen molar-refractivity contribution in [3.63, 3.8) is 0 Å². The number of ether oxygens (including phenoxy) is 6. The topological polar surface area (TPSA) is 79.4 Å². The van der Waals surface area contributed by atoms with E-state index in [1.807, 2.05) is 64.1 Å². The first-order valence-electron chi connectivity index (χ1n) is 21.7. The Morgan fingerprint density at radius 3 is 1.53 bits per heavy atom. The van der Waals surface area contributed by atoms with Crippen LogP contribution in [0.4, 0.5) is 0 Å². The number of aryl methyl sites for hydroxylation is 1. The molecule has 0 bridgehead atoms. The summed E-state index contributed by atoms with van der Waals surface area (Å²) >= 11 is 0. The molecule has 2 N–H and O–H groups in total. The number of hydrogen-bond acceptors (Lipinski definition) is 8.